The van der Waals surface area contributed by atoms with Crippen LogP contribution in [0.2, 0.25) is 0 Å². The third-order valence-electron chi connectivity index (χ3n) is 4.90. The Kier molecular flexibility index (Phi) is 6.33. The third kappa shape index (κ3) is 5.13. The number of hydrogen-bond donors (Lipinski definition) is 2. The Morgan fingerprint density at radius 3 is 2.48 bits per heavy atom. The van der Waals surface area contributed by atoms with Crippen molar-refractivity contribution < 1.29 is 18.3 Å². The molecule has 0 saturated heterocycles. The molecule has 7 heteroatoms. The van der Waals surface area contributed by atoms with Crippen LogP contribution in [0.5, 0.6) is 0 Å². The lowest BCUT2D eigenvalue weighted by Gasteiger charge is -2.11. The Morgan fingerprint density at radius 2 is 1.71 bits per heavy atom. The van der Waals surface area contributed by atoms with E-state index in [2.05, 4.69) is 15.3 Å². The lowest BCUT2D eigenvalue weighted by atomic mass is 10.1. The van der Waals surface area contributed by atoms with Gasteiger partial charge < -0.3 is 15.0 Å². The Hall–Kier alpha value is -3.58. The number of imidazole rings is 1. The molecule has 5 nitrogen and oxygen atoms in total. The first-order valence-electron chi connectivity index (χ1n) is 9.84. The van der Waals surface area contributed by atoms with Crippen LogP contribution in [0.4, 0.5) is 8.78 Å². The van der Waals surface area contributed by atoms with E-state index >= 15 is 0 Å². The molecule has 4 aromatic rings. The molecule has 1 heterocycles. The van der Waals surface area contributed by atoms with Crippen LogP contribution in [0.25, 0.3) is 11.0 Å². The smallest absolute Gasteiger partial charge is 0.295 e. The zero-order valence-electron chi connectivity index (χ0n) is 16.6. The zero-order chi connectivity index (χ0) is 21.6. The summed E-state index contributed by atoms with van der Waals surface area (Å²) >= 11 is 0. The molecule has 3 aromatic carbocycles. The first-order chi connectivity index (χ1) is 15.1. The maximum Gasteiger partial charge on any atom is 0.295 e. The first-order valence-corrected chi connectivity index (χ1v) is 9.84. The van der Waals surface area contributed by atoms with Gasteiger partial charge in [-0.15, -0.1) is 0 Å². The normalized spacial score (nSPS) is 11.2. The molecule has 1 aromatic heterocycles. The molecule has 4 rings (SSSR count). The average Bonchev–Trinajstić information content (AvgIpc) is 3.23. The fraction of sp³-hybridized carbons (Fsp3) is 0.167. The van der Waals surface area contributed by atoms with E-state index in [1.807, 2.05) is 54.6 Å². The standard InChI is InChI=1S/C24H21F2N3O2/c25-22(26)23-28-20-11-10-17(12-21(20)29-23)24(30)27-13-18-8-4-5-9-19(18)15-31-14-16-6-2-1-3-7-16/h1-12,22H,13-15H2,(H,27,30)(H,28,29). The van der Waals surface area contributed by atoms with Crippen LogP contribution >= 0.6 is 0 Å². The van der Waals surface area contributed by atoms with Crippen LogP contribution < -0.4 is 5.32 Å². The number of amides is 1. The van der Waals surface area contributed by atoms with Gasteiger partial charge in [-0.2, -0.15) is 0 Å². The van der Waals surface area contributed by atoms with Gasteiger partial charge in [0.15, 0.2) is 5.82 Å². The highest BCUT2D eigenvalue weighted by Crippen LogP contribution is 2.21. The van der Waals surface area contributed by atoms with E-state index in [-0.39, 0.29) is 5.91 Å². The molecule has 0 bridgehead atoms. The van der Waals surface area contributed by atoms with Gasteiger partial charge in [0.05, 0.1) is 24.2 Å². The van der Waals surface area contributed by atoms with Crippen LogP contribution in [-0.4, -0.2) is 15.9 Å². The summed E-state index contributed by atoms with van der Waals surface area (Å²) in [7, 11) is 0. The molecular weight excluding hydrogens is 400 g/mol. The quantitative estimate of drug-likeness (QED) is 0.414. The number of benzene rings is 3. The number of nitrogens with one attached hydrogen (secondary N) is 2. The number of hydrogen-bond acceptors (Lipinski definition) is 3. The third-order valence-corrected chi connectivity index (χ3v) is 4.90. The summed E-state index contributed by atoms with van der Waals surface area (Å²) in [6.07, 6.45) is -2.69. The number of carbonyl (C=O) groups excluding carboxylic acids is 1. The number of aromatic amines is 1. The Bertz CT molecular complexity index is 1180. The number of carbonyl (C=O) groups is 1. The molecule has 0 fully saturated rings. The minimum absolute atomic E-state index is 0.296. The Labute approximate surface area is 178 Å². The van der Waals surface area contributed by atoms with E-state index < -0.39 is 12.2 Å². The summed E-state index contributed by atoms with van der Waals surface area (Å²) in [5.41, 5.74) is 4.20. The molecule has 1 amide bonds. The predicted molar refractivity (Wildman–Crippen MR) is 114 cm³/mol. The topological polar surface area (TPSA) is 67.0 Å². The highest BCUT2D eigenvalue weighted by atomic mass is 19.3. The zero-order valence-corrected chi connectivity index (χ0v) is 16.6. The molecule has 31 heavy (non-hydrogen) atoms. The van der Waals surface area contributed by atoms with Crippen molar-refractivity contribution in [2.45, 2.75) is 26.2 Å². The fourth-order valence-electron chi connectivity index (χ4n) is 3.28. The molecule has 158 valence electrons. The monoisotopic (exact) mass is 421 g/mol. The number of halogens is 2. The maximum atomic E-state index is 12.8. The highest BCUT2D eigenvalue weighted by Gasteiger charge is 2.14. The van der Waals surface area contributed by atoms with Gasteiger partial charge in [-0.25, -0.2) is 13.8 Å². The van der Waals surface area contributed by atoms with Crippen molar-refractivity contribution >= 4 is 16.9 Å². The van der Waals surface area contributed by atoms with E-state index in [0.717, 1.165) is 16.7 Å². The van der Waals surface area contributed by atoms with Crippen LogP contribution in [0.1, 0.15) is 39.3 Å². The largest absolute Gasteiger partial charge is 0.372 e. The predicted octanol–water partition coefficient (Wildman–Crippen LogP) is 5.15. The summed E-state index contributed by atoms with van der Waals surface area (Å²) in [6, 6.07) is 22.3. The molecule has 0 spiro atoms. The highest BCUT2D eigenvalue weighted by molar-refractivity contribution is 5.97. The molecule has 0 aliphatic rings. The van der Waals surface area contributed by atoms with E-state index in [1.54, 1.807) is 12.1 Å². The summed E-state index contributed by atoms with van der Waals surface area (Å²) < 4.78 is 31.4. The number of nitrogens with zero attached hydrogens (tertiary/aromatic N) is 1. The summed E-state index contributed by atoms with van der Waals surface area (Å²) in [6.45, 7) is 1.26. The molecular formula is C24H21F2N3O2. The van der Waals surface area contributed by atoms with E-state index in [4.69, 9.17) is 4.74 Å². The first kappa shape index (κ1) is 20.7. The van der Waals surface area contributed by atoms with Crippen molar-refractivity contribution in [1.82, 2.24) is 15.3 Å². The van der Waals surface area contributed by atoms with E-state index in [0.29, 0.717) is 36.4 Å². The molecule has 0 saturated carbocycles. The second-order valence-electron chi connectivity index (χ2n) is 7.08. The summed E-state index contributed by atoms with van der Waals surface area (Å²) in [5, 5.41) is 2.88. The second kappa shape index (κ2) is 9.49. The lowest BCUT2D eigenvalue weighted by Crippen LogP contribution is -2.23. The van der Waals surface area contributed by atoms with Crippen LogP contribution in [0.15, 0.2) is 72.8 Å². The van der Waals surface area contributed by atoms with Crippen molar-refractivity contribution in [2.75, 3.05) is 0 Å². The minimum Gasteiger partial charge on any atom is -0.372 e. The molecule has 0 aliphatic heterocycles. The number of ether oxygens (including phenoxy) is 1. The number of aromatic nitrogens is 2. The molecule has 0 radical (unpaired) electrons. The van der Waals surface area contributed by atoms with Gasteiger partial charge in [0, 0.05) is 12.1 Å². The summed E-state index contributed by atoms with van der Waals surface area (Å²) in [5.74, 6) is -0.702. The molecule has 0 unspecified atom stereocenters. The lowest BCUT2D eigenvalue weighted by molar-refractivity contribution is 0.0947. The van der Waals surface area contributed by atoms with Gasteiger partial charge >= 0.3 is 0 Å². The van der Waals surface area contributed by atoms with Crippen molar-refractivity contribution in [1.29, 1.82) is 0 Å². The molecule has 2 N–H and O–H groups in total. The number of rotatable bonds is 8. The van der Waals surface area contributed by atoms with Gasteiger partial charge in [-0.3, -0.25) is 4.79 Å². The van der Waals surface area contributed by atoms with E-state index in [9.17, 15) is 13.6 Å². The average molecular weight is 421 g/mol. The van der Waals surface area contributed by atoms with Crippen molar-refractivity contribution in [3.63, 3.8) is 0 Å². The SMILES string of the molecule is O=C(NCc1ccccc1COCc1ccccc1)c1ccc2nc(C(F)F)[nH]c2c1. The maximum absolute atomic E-state index is 12.8. The van der Waals surface area contributed by atoms with Gasteiger partial charge in [-0.1, -0.05) is 54.6 Å². The van der Waals surface area contributed by atoms with Crippen LogP contribution in [0.3, 0.4) is 0 Å². The number of alkyl halides is 2. The van der Waals surface area contributed by atoms with Crippen LogP contribution in [-0.2, 0) is 24.5 Å². The van der Waals surface area contributed by atoms with Crippen LogP contribution in [0, 0.1) is 0 Å². The van der Waals surface area contributed by atoms with Crippen molar-refractivity contribution in [3.8, 4) is 0 Å². The Balaban J connectivity index is 1.38. The van der Waals surface area contributed by atoms with Gasteiger partial charge in [-0.05, 0) is 34.9 Å². The van der Waals surface area contributed by atoms with Crippen molar-refractivity contribution in [2.24, 2.45) is 0 Å². The number of fused-ring (bicyclic) bond motifs is 1. The van der Waals surface area contributed by atoms with Gasteiger partial charge in [0.25, 0.3) is 12.3 Å². The van der Waals surface area contributed by atoms with Gasteiger partial charge in [0.2, 0.25) is 0 Å². The molecule has 0 aliphatic carbocycles. The van der Waals surface area contributed by atoms with Gasteiger partial charge in [0.1, 0.15) is 0 Å². The van der Waals surface area contributed by atoms with Crippen molar-refractivity contribution in [3.05, 3.63) is 101 Å². The van der Waals surface area contributed by atoms with E-state index in [1.165, 1.54) is 6.07 Å². The second-order valence-corrected chi connectivity index (χ2v) is 7.08. The minimum atomic E-state index is -2.69. The number of H-pyrrole nitrogens is 1. The Morgan fingerprint density at radius 1 is 0.968 bits per heavy atom. The fourth-order valence-corrected chi connectivity index (χ4v) is 3.28. The summed E-state index contributed by atoms with van der Waals surface area (Å²) in [4.78, 5) is 19.0. The molecule has 0 atom stereocenters.